The van der Waals surface area contributed by atoms with E-state index >= 15 is 0 Å². The highest BCUT2D eigenvalue weighted by Gasteiger charge is 2.04. The Hall–Kier alpha value is -1.67. The van der Waals surface area contributed by atoms with E-state index in [1.165, 1.54) is 22.3 Å². The van der Waals surface area contributed by atoms with Crippen LogP contribution in [0.2, 0.25) is 0 Å². The van der Waals surface area contributed by atoms with Crippen molar-refractivity contribution in [2.24, 2.45) is 0 Å². The molecule has 0 amide bonds. The van der Waals surface area contributed by atoms with Crippen molar-refractivity contribution in [2.75, 3.05) is 0 Å². The summed E-state index contributed by atoms with van der Waals surface area (Å²) in [6.45, 7) is 9.61. The molecule has 2 heteroatoms. The fraction of sp³-hybridized carbons (Fsp3) is 0.421. The van der Waals surface area contributed by atoms with Gasteiger partial charge in [-0.15, -0.1) is 0 Å². The summed E-state index contributed by atoms with van der Waals surface area (Å²) in [7, 11) is 0. The second kappa shape index (κ2) is 7.37. The third kappa shape index (κ3) is 4.68. The van der Waals surface area contributed by atoms with Crippen molar-refractivity contribution in [1.82, 2.24) is 10.3 Å². The van der Waals surface area contributed by atoms with E-state index in [1.54, 1.807) is 0 Å². The summed E-state index contributed by atoms with van der Waals surface area (Å²) in [5.74, 6) is 0. The van der Waals surface area contributed by atoms with E-state index in [0.717, 1.165) is 25.1 Å². The summed E-state index contributed by atoms with van der Waals surface area (Å²) < 4.78 is 0. The quantitative estimate of drug-likeness (QED) is 0.865. The van der Waals surface area contributed by atoms with Crippen LogP contribution in [0.1, 0.15) is 48.7 Å². The zero-order valence-corrected chi connectivity index (χ0v) is 13.6. The first-order chi connectivity index (χ1) is 10.1. The summed E-state index contributed by atoms with van der Waals surface area (Å²) in [4.78, 5) is 4.57. The lowest BCUT2D eigenvalue weighted by Crippen LogP contribution is -2.21. The molecule has 2 nitrogen and oxygen atoms in total. The summed E-state index contributed by atoms with van der Waals surface area (Å²) in [5, 5.41) is 3.47. The van der Waals surface area contributed by atoms with Gasteiger partial charge < -0.3 is 5.32 Å². The molecule has 2 aromatic rings. The van der Waals surface area contributed by atoms with Gasteiger partial charge in [0.15, 0.2) is 0 Å². The summed E-state index contributed by atoms with van der Waals surface area (Å²) in [5.41, 5.74) is 6.49. The Kier molecular flexibility index (Phi) is 5.51. The number of nitrogens with zero attached hydrogens (tertiary/aromatic N) is 1. The molecule has 21 heavy (non-hydrogen) atoms. The minimum absolute atomic E-state index is 0.512. The SMILES string of the molecule is CCc1ccc(Cc2cc(CNC(C)C)ccc2C)nc1. The minimum Gasteiger partial charge on any atom is -0.310 e. The Bertz CT molecular complexity index is 571. The van der Waals surface area contributed by atoms with Crippen molar-refractivity contribution in [1.29, 1.82) is 0 Å². The van der Waals surface area contributed by atoms with Gasteiger partial charge in [0, 0.05) is 30.9 Å². The molecule has 0 spiro atoms. The van der Waals surface area contributed by atoms with Gasteiger partial charge in [-0.3, -0.25) is 4.98 Å². The van der Waals surface area contributed by atoms with Crippen molar-refractivity contribution in [3.05, 3.63) is 64.5 Å². The monoisotopic (exact) mass is 282 g/mol. The van der Waals surface area contributed by atoms with Crippen LogP contribution in [0.15, 0.2) is 36.5 Å². The fourth-order valence-electron chi connectivity index (χ4n) is 2.31. The van der Waals surface area contributed by atoms with Gasteiger partial charge in [-0.1, -0.05) is 45.0 Å². The van der Waals surface area contributed by atoms with Crippen LogP contribution in [0.5, 0.6) is 0 Å². The molecular formula is C19H26N2. The molecule has 0 aliphatic heterocycles. The molecule has 0 unspecified atom stereocenters. The summed E-state index contributed by atoms with van der Waals surface area (Å²) in [6.07, 6.45) is 3.95. The van der Waals surface area contributed by atoms with Gasteiger partial charge in [-0.25, -0.2) is 0 Å². The molecule has 0 bridgehead atoms. The Morgan fingerprint density at radius 2 is 1.86 bits per heavy atom. The molecule has 2 rings (SSSR count). The first-order valence-electron chi connectivity index (χ1n) is 7.84. The van der Waals surface area contributed by atoms with Gasteiger partial charge in [-0.05, 0) is 41.7 Å². The number of hydrogen-bond donors (Lipinski definition) is 1. The number of rotatable bonds is 6. The van der Waals surface area contributed by atoms with E-state index in [4.69, 9.17) is 0 Å². The lowest BCUT2D eigenvalue weighted by atomic mass is 10.00. The second-order valence-corrected chi connectivity index (χ2v) is 5.98. The van der Waals surface area contributed by atoms with Gasteiger partial charge in [0.25, 0.3) is 0 Å². The van der Waals surface area contributed by atoms with Crippen LogP contribution in [0, 0.1) is 6.92 Å². The molecule has 0 radical (unpaired) electrons. The summed E-state index contributed by atoms with van der Waals surface area (Å²) >= 11 is 0. The first-order valence-corrected chi connectivity index (χ1v) is 7.84. The largest absolute Gasteiger partial charge is 0.310 e. The van der Waals surface area contributed by atoms with Crippen LogP contribution in [0.3, 0.4) is 0 Å². The fourth-order valence-corrected chi connectivity index (χ4v) is 2.31. The first kappa shape index (κ1) is 15.7. The molecule has 112 valence electrons. The van der Waals surface area contributed by atoms with Gasteiger partial charge in [0.2, 0.25) is 0 Å². The Labute approximate surface area is 128 Å². The normalized spacial score (nSPS) is 11.1. The minimum atomic E-state index is 0.512. The molecule has 0 saturated heterocycles. The van der Waals surface area contributed by atoms with E-state index < -0.39 is 0 Å². The van der Waals surface area contributed by atoms with E-state index in [2.05, 4.69) is 68.3 Å². The predicted octanol–water partition coefficient (Wildman–Crippen LogP) is 4.04. The third-order valence-electron chi connectivity index (χ3n) is 3.79. The molecule has 0 aliphatic rings. The van der Waals surface area contributed by atoms with Crippen molar-refractivity contribution >= 4 is 0 Å². The van der Waals surface area contributed by atoms with Crippen LogP contribution < -0.4 is 5.32 Å². The lowest BCUT2D eigenvalue weighted by Gasteiger charge is -2.12. The molecule has 0 atom stereocenters. The van der Waals surface area contributed by atoms with Gasteiger partial charge >= 0.3 is 0 Å². The van der Waals surface area contributed by atoms with Crippen molar-refractivity contribution in [3.63, 3.8) is 0 Å². The number of hydrogen-bond acceptors (Lipinski definition) is 2. The van der Waals surface area contributed by atoms with Gasteiger partial charge in [-0.2, -0.15) is 0 Å². The number of aryl methyl sites for hydroxylation is 2. The maximum atomic E-state index is 4.57. The van der Waals surface area contributed by atoms with E-state index in [0.29, 0.717) is 6.04 Å². The molecule has 0 fully saturated rings. The van der Waals surface area contributed by atoms with Crippen LogP contribution in [0.4, 0.5) is 0 Å². The van der Waals surface area contributed by atoms with Crippen molar-refractivity contribution in [3.8, 4) is 0 Å². The van der Waals surface area contributed by atoms with Crippen molar-refractivity contribution in [2.45, 2.75) is 53.1 Å². The van der Waals surface area contributed by atoms with E-state index in [9.17, 15) is 0 Å². The third-order valence-corrected chi connectivity index (χ3v) is 3.79. The van der Waals surface area contributed by atoms with Crippen LogP contribution in [-0.2, 0) is 19.4 Å². The van der Waals surface area contributed by atoms with Gasteiger partial charge in [0.05, 0.1) is 0 Å². The van der Waals surface area contributed by atoms with Crippen LogP contribution in [-0.4, -0.2) is 11.0 Å². The van der Waals surface area contributed by atoms with E-state index in [1.807, 2.05) is 6.20 Å². The molecule has 1 heterocycles. The zero-order chi connectivity index (χ0) is 15.2. The molecule has 0 saturated carbocycles. The Balaban J connectivity index is 2.12. The highest BCUT2D eigenvalue weighted by Crippen LogP contribution is 2.15. The Morgan fingerprint density at radius 1 is 1.10 bits per heavy atom. The number of nitrogens with one attached hydrogen (secondary N) is 1. The zero-order valence-electron chi connectivity index (χ0n) is 13.6. The number of pyridine rings is 1. The summed E-state index contributed by atoms with van der Waals surface area (Å²) in [6, 6.07) is 11.6. The van der Waals surface area contributed by atoms with Crippen LogP contribution in [0.25, 0.3) is 0 Å². The van der Waals surface area contributed by atoms with Gasteiger partial charge in [0.1, 0.15) is 0 Å². The predicted molar refractivity (Wildman–Crippen MR) is 89.6 cm³/mol. The molecule has 1 N–H and O–H groups in total. The highest BCUT2D eigenvalue weighted by atomic mass is 14.9. The van der Waals surface area contributed by atoms with E-state index in [-0.39, 0.29) is 0 Å². The molecular weight excluding hydrogens is 256 g/mol. The maximum Gasteiger partial charge on any atom is 0.0447 e. The number of benzene rings is 1. The number of aromatic nitrogens is 1. The average molecular weight is 282 g/mol. The molecule has 1 aromatic heterocycles. The lowest BCUT2D eigenvalue weighted by molar-refractivity contribution is 0.588. The molecule has 0 aliphatic carbocycles. The molecule has 1 aromatic carbocycles. The second-order valence-electron chi connectivity index (χ2n) is 5.98. The van der Waals surface area contributed by atoms with Crippen molar-refractivity contribution < 1.29 is 0 Å². The standard InChI is InChI=1S/C19H26N2/c1-5-16-8-9-19(21-12-16)11-18-10-17(7-6-15(18)4)13-20-14(2)3/h6-10,12,14,20H,5,11,13H2,1-4H3. The smallest absolute Gasteiger partial charge is 0.0447 e. The van der Waals surface area contributed by atoms with Crippen LogP contribution >= 0.6 is 0 Å². The average Bonchev–Trinajstić information content (AvgIpc) is 2.48. The maximum absolute atomic E-state index is 4.57. The Morgan fingerprint density at radius 3 is 2.48 bits per heavy atom. The topological polar surface area (TPSA) is 24.9 Å². The highest BCUT2D eigenvalue weighted by molar-refractivity contribution is 5.34.